The number of nitrogens with one attached hydrogen (secondary N) is 2. The summed E-state index contributed by atoms with van der Waals surface area (Å²) >= 11 is 2.06. The lowest BCUT2D eigenvalue weighted by Crippen LogP contribution is -2.42. The Bertz CT molecular complexity index is 559. The highest BCUT2D eigenvalue weighted by atomic mass is 32.2. The van der Waals surface area contributed by atoms with E-state index in [0.29, 0.717) is 22.8 Å². The molecule has 9 heteroatoms. The quantitative estimate of drug-likeness (QED) is 0.694. The smallest absolute Gasteiger partial charge is 0.305 e. The van der Waals surface area contributed by atoms with E-state index < -0.39 is 20.5 Å². The Morgan fingerprint density at radius 3 is 2.61 bits per heavy atom. The first kappa shape index (κ1) is 15.7. The van der Waals surface area contributed by atoms with Crippen molar-refractivity contribution < 1.29 is 13.5 Å². The molecule has 1 aromatic rings. The Morgan fingerprint density at radius 1 is 1.56 bits per heavy atom. The van der Waals surface area contributed by atoms with Gasteiger partial charge >= 0.3 is 4.87 Å². The molecule has 104 valence electrons. The molecule has 1 atom stereocenters. The number of sulfonamides is 1. The Labute approximate surface area is 114 Å². The molecule has 3 N–H and O–H groups in total. The lowest BCUT2D eigenvalue weighted by atomic mass is 10.1. The molecule has 0 saturated heterocycles. The lowest BCUT2D eigenvalue weighted by molar-refractivity contribution is 0.0909. The van der Waals surface area contributed by atoms with E-state index in [4.69, 9.17) is 0 Å². The van der Waals surface area contributed by atoms with E-state index in [9.17, 15) is 18.3 Å². The van der Waals surface area contributed by atoms with Gasteiger partial charge in [-0.15, -0.1) is 0 Å². The van der Waals surface area contributed by atoms with Gasteiger partial charge in [0.2, 0.25) is 0 Å². The topological polar surface area (TPSA) is 99.3 Å². The number of thiazole rings is 1. The van der Waals surface area contributed by atoms with Crippen LogP contribution < -0.4 is 9.60 Å². The van der Waals surface area contributed by atoms with Gasteiger partial charge in [-0.3, -0.25) is 4.79 Å². The SMILES string of the molecule is CSCC(C)(O)CNS(=O)(=O)c1sc(=O)[nH]c1C. The number of aromatic nitrogens is 1. The number of hydrogen-bond donors (Lipinski definition) is 3. The van der Waals surface area contributed by atoms with Crippen LogP contribution in [0.15, 0.2) is 9.00 Å². The van der Waals surface area contributed by atoms with Crippen molar-refractivity contribution in [1.82, 2.24) is 9.71 Å². The minimum Gasteiger partial charge on any atom is -0.388 e. The summed E-state index contributed by atoms with van der Waals surface area (Å²) < 4.78 is 26.2. The first-order chi connectivity index (χ1) is 8.18. The third-order valence-electron chi connectivity index (χ3n) is 2.12. The highest BCUT2D eigenvalue weighted by Crippen LogP contribution is 2.17. The number of rotatable bonds is 6. The van der Waals surface area contributed by atoms with Crippen molar-refractivity contribution in [3.8, 4) is 0 Å². The van der Waals surface area contributed by atoms with Crippen LogP contribution in [-0.4, -0.2) is 42.7 Å². The van der Waals surface area contributed by atoms with E-state index in [1.165, 1.54) is 18.7 Å². The van der Waals surface area contributed by atoms with Crippen molar-refractivity contribution in [1.29, 1.82) is 0 Å². The van der Waals surface area contributed by atoms with Crippen molar-refractivity contribution in [2.75, 3.05) is 18.6 Å². The summed E-state index contributed by atoms with van der Waals surface area (Å²) in [6.45, 7) is 2.98. The van der Waals surface area contributed by atoms with Crippen molar-refractivity contribution in [3.63, 3.8) is 0 Å². The van der Waals surface area contributed by atoms with Gasteiger partial charge in [0.15, 0.2) is 4.21 Å². The third-order valence-corrected chi connectivity index (χ3v) is 6.04. The van der Waals surface area contributed by atoms with Crippen LogP contribution >= 0.6 is 23.1 Å². The molecule has 1 unspecified atom stereocenters. The second-order valence-electron chi connectivity index (χ2n) is 4.18. The fourth-order valence-corrected chi connectivity index (χ4v) is 4.55. The van der Waals surface area contributed by atoms with Crippen molar-refractivity contribution >= 4 is 33.1 Å². The second-order valence-corrected chi connectivity index (χ2v) is 7.99. The van der Waals surface area contributed by atoms with Crippen LogP contribution in [0.3, 0.4) is 0 Å². The maximum atomic E-state index is 11.9. The van der Waals surface area contributed by atoms with Crippen molar-refractivity contribution in [2.45, 2.75) is 23.7 Å². The van der Waals surface area contributed by atoms with Gasteiger partial charge in [-0.25, -0.2) is 13.1 Å². The van der Waals surface area contributed by atoms with Crippen LogP contribution in [0, 0.1) is 6.92 Å². The molecule has 0 aromatic carbocycles. The Hall–Kier alpha value is -0.350. The molecule has 1 heterocycles. The summed E-state index contributed by atoms with van der Waals surface area (Å²) in [5, 5.41) is 9.89. The van der Waals surface area contributed by atoms with E-state index in [2.05, 4.69) is 9.71 Å². The molecule has 6 nitrogen and oxygen atoms in total. The average Bonchev–Trinajstić information content (AvgIpc) is 2.56. The average molecular weight is 312 g/mol. The zero-order chi connectivity index (χ0) is 14.0. The fourth-order valence-electron chi connectivity index (χ4n) is 1.32. The predicted molar refractivity (Wildman–Crippen MR) is 73.9 cm³/mol. The Balaban J connectivity index is 2.84. The van der Waals surface area contributed by atoms with Crippen LogP contribution in [0.25, 0.3) is 0 Å². The highest BCUT2D eigenvalue weighted by Gasteiger charge is 2.26. The van der Waals surface area contributed by atoms with E-state index in [0.717, 1.165) is 0 Å². The van der Waals surface area contributed by atoms with Crippen molar-refractivity contribution in [2.24, 2.45) is 0 Å². The van der Waals surface area contributed by atoms with E-state index in [1.54, 1.807) is 6.92 Å². The van der Waals surface area contributed by atoms with Crippen LogP contribution in [-0.2, 0) is 10.0 Å². The third kappa shape index (κ3) is 4.09. The zero-order valence-electron chi connectivity index (χ0n) is 10.3. The molecule has 0 saturated carbocycles. The molecule has 0 aliphatic heterocycles. The molecule has 0 amide bonds. The lowest BCUT2D eigenvalue weighted by Gasteiger charge is -2.22. The molecule has 1 aromatic heterocycles. The molecule has 0 aliphatic carbocycles. The van der Waals surface area contributed by atoms with Crippen LogP contribution in [0.1, 0.15) is 12.6 Å². The zero-order valence-corrected chi connectivity index (χ0v) is 12.8. The van der Waals surface area contributed by atoms with Crippen LogP contribution in [0.2, 0.25) is 0 Å². The second kappa shape index (κ2) is 5.74. The number of aliphatic hydroxyl groups is 1. The normalized spacial score (nSPS) is 15.6. The van der Waals surface area contributed by atoms with Gasteiger partial charge in [-0.1, -0.05) is 11.3 Å². The van der Waals surface area contributed by atoms with Crippen LogP contribution in [0.4, 0.5) is 0 Å². The first-order valence-electron chi connectivity index (χ1n) is 5.09. The van der Waals surface area contributed by atoms with Gasteiger partial charge in [0.25, 0.3) is 10.0 Å². The molecule has 0 aliphatic rings. The summed E-state index contributed by atoms with van der Waals surface area (Å²) in [5.41, 5.74) is -0.816. The first-order valence-corrected chi connectivity index (χ1v) is 8.78. The maximum absolute atomic E-state index is 11.9. The number of aromatic amines is 1. The van der Waals surface area contributed by atoms with E-state index >= 15 is 0 Å². The van der Waals surface area contributed by atoms with Gasteiger partial charge in [0.1, 0.15) is 0 Å². The Morgan fingerprint density at radius 2 is 2.17 bits per heavy atom. The molecular formula is C9H16N2O4S3. The van der Waals surface area contributed by atoms with E-state index in [-0.39, 0.29) is 10.8 Å². The van der Waals surface area contributed by atoms with Crippen molar-refractivity contribution in [3.05, 3.63) is 15.4 Å². The summed E-state index contributed by atoms with van der Waals surface area (Å²) in [6, 6.07) is 0. The molecule has 0 spiro atoms. The monoisotopic (exact) mass is 312 g/mol. The van der Waals surface area contributed by atoms with Gasteiger partial charge < -0.3 is 10.1 Å². The molecule has 0 bridgehead atoms. The van der Waals surface area contributed by atoms with Crippen LogP contribution in [0.5, 0.6) is 0 Å². The summed E-state index contributed by atoms with van der Waals surface area (Å²) in [7, 11) is -3.75. The Kier molecular flexibility index (Phi) is 5.01. The maximum Gasteiger partial charge on any atom is 0.305 e. The molecule has 18 heavy (non-hydrogen) atoms. The minimum atomic E-state index is -3.75. The van der Waals surface area contributed by atoms with Gasteiger partial charge in [-0.05, 0) is 20.1 Å². The number of thioether (sulfide) groups is 1. The summed E-state index contributed by atoms with van der Waals surface area (Å²) in [5.74, 6) is 0.415. The molecule has 1 rings (SSSR count). The van der Waals surface area contributed by atoms with Gasteiger partial charge in [0.05, 0.1) is 5.60 Å². The number of hydrogen-bond acceptors (Lipinski definition) is 6. The minimum absolute atomic E-state index is 0.0348. The number of H-pyrrole nitrogens is 1. The summed E-state index contributed by atoms with van der Waals surface area (Å²) in [6.07, 6.45) is 1.82. The number of aryl methyl sites for hydroxylation is 1. The predicted octanol–water partition coefficient (Wildman–Crippen LogP) is 0.137. The molecule has 0 fully saturated rings. The molecule has 0 radical (unpaired) electrons. The summed E-state index contributed by atoms with van der Waals surface area (Å²) in [4.78, 5) is 13.1. The largest absolute Gasteiger partial charge is 0.388 e. The molecular weight excluding hydrogens is 296 g/mol. The standard InChI is InChI=1S/C9H16N2O4S3/c1-6-7(17-8(12)11-6)18(14,15)10-4-9(2,13)5-16-3/h10,13H,4-5H2,1-3H3,(H,11,12). The highest BCUT2D eigenvalue weighted by molar-refractivity contribution is 7.98. The van der Waals surface area contributed by atoms with E-state index in [1.807, 2.05) is 6.26 Å². The van der Waals surface area contributed by atoms with Gasteiger partial charge in [0, 0.05) is 18.0 Å². The van der Waals surface area contributed by atoms with Gasteiger partial charge in [-0.2, -0.15) is 11.8 Å². The fraction of sp³-hybridized carbons (Fsp3) is 0.667.